The summed E-state index contributed by atoms with van der Waals surface area (Å²) in [6.07, 6.45) is 4.07. The third-order valence-corrected chi connectivity index (χ3v) is 4.75. The van der Waals surface area contributed by atoms with Crippen molar-refractivity contribution in [3.05, 3.63) is 69.9 Å². The molecule has 1 aromatic carbocycles. The maximum atomic E-state index is 12.6. The molecule has 27 heavy (non-hydrogen) atoms. The number of phenolic OH excluding ortho intramolecular Hbond substituents is 1. The molecule has 0 saturated carbocycles. The fourth-order valence-corrected chi connectivity index (χ4v) is 3.35. The zero-order valence-corrected chi connectivity index (χ0v) is 15.0. The first-order chi connectivity index (χ1) is 13.1. The number of ether oxygens (including phenoxy) is 1. The molecule has 7 nitrogen and oxygen atoms in total. The molecule has 3 aromatic rings. The van der Waals surface area contributed by atoms with E-state index in [4.69, 9.17) is 4.74 Å². The zero-order chi connectivity index (χ0) is 18.8. The monoisotopic (exact) mass is 364 g/mol. The van der Waals surface area contributed by atoms with Crippen LogP contribution >= 0.6 is 0 Å². The van der Waals surface area contributed by atoms with E-state index in [1.54, 1.807) is 24.5 Å². The Kier molecular flexibility index (Phi) is 4.60. The van der Waals surface area contributed by atoms with Gasteiger partial charge in [-0.3, -0.25) is 14.7 Å². The maximum Gasteiger partial charge on any atom is 0.255 e. The van der Waals surface area contributed by atoms with Gasteiger partial charge in [-0.15, -0.1) is 0 Å². The minimum Gasteiger partial charge on any atom is -0.504 e. The van der Waals surface area contributed by atoms with E-state index in [1.807, 2.05) is 18.2 Å². The molecule has 0 amide bonds. The number of benzene rings is 1. The highest BCUT2D eigenvalue weighted by Crippen LogP contribution is 2.27. The Morgan fingerprint density at radius 1 is 1.26 bits per heavy atom. The van der Waals surface area contributed by atoms with Gasteiger partial charge in [-0.1, -0.05) is 6.07 Å². The number of phenols is 1. The van der Waals surface area contributed by atoms with Crippen LogP contribution in [0.3, 0.4) is 0 Å². The molecule has 0 atom stereocenters. The van der Waals surface area contributed by atoms with Crippen molar-refractivity contribution in [2.45, 2.75) is 19.5 Å². The molecule has 0 radical (unpaired) electrons. The Hall–Kier alpha value is -3.19. The minimum atomic E-state index is -0.103. The van der Waals surface area contributed by atoms with Gasteiger partial charge >= 0.3 is 0 Å². The van der Waals surface area contributed by atoms with Crippen LogP contribution in [0.1, 0.15) is 16.8 Å². The van der Waals surface area contributed by atoms with Crippen molar-refractivity contribution in [2.75, 3.05) is 13.7 Å². The van der Waals surface area contributed by atoms with Gasteiger partial charge in [0, 0.05) is 44.0 Å². The number of aromatic amines is 1. The standard InChI is InChI=1S/C20H20N4O3/c1-27-18-3-2-13(10-17(18)25)11-24-9-6-16-15(12-24)20(26)23-19(22-16)14-4-7-21-8-5-14/h2-5,7-8,10,25H,6,9,11-12H2,1H3,(H,22,23,26). The number of pyridine rings is 1. The molecule has 1 aliphatic heterocycles. The van der Waals surface area contributed by atoms with Gasteiger partial charge in [-0.25, -0.2) is 4.98 Å². The van der Waals surface area contributed by atoms with Gasteiger partial charge in [0.15, 0.2) is 11.5 Å². The summed E-state index contributed by atoms with van der Waals surface area (Å²) < 4.78 is 5.08. The number of hydrogen-bond acceptors (Lipinski definition) is 6. The first-order valence-electron chi connectivity index (χ1n) is 8.75. The van der Waals surface area contributed by atoms with Crippen molar-refractivity contribution in [3.63, 3.8) is 0 Å². The SMILES string of the molecule is COc1ccc(CN2CCc3nc(-c4ccncc4)[nH]c(=O)c3C2)cc1O. The first kappa shape index (κ1) is 17.2. The summed E-state index contributed by atoms with van der Waals surface area (Å²) in [5.74, 6) is 1.15. The number of H-pyrrole nitrogens is 1. The fraction of sp³-hybridized carbons (Fsp3) is 0.250. The van der Waals surface area contributed by atoms with E-state index in [1.165, 1.54) is 7.11 Å². The highest BCUT2D eigenvalue weighted by atomic mass is 16.5. The maximum absolute atomic E-state index is 12.6. The number of hydrogen-bond donors (Lipinski definition) is 2. The lowest BCUT2D eigenvalue weighted by Crippen LogP contribution is -2.35. The summed E-state index contributed by atoms with van der Waals surface area (Å²) in [5.41, 5.74) is 3.26. The van der Waals surface area contributed by atoms with Gasteiger partial charge in [-0.05, 0) is 29.8 Å². The Bertz CT molecular complexity index is 1020. The van der Waals surface area contributed by atoms with E-state index in [9.17, 15) is 9.90 Å². The molecule has 0 fully saturated rings. The van der Waals surface area contributed by atoms with E-state index < -0.39 is 0 Å². The molecule has 0 unspecified atom stereocenters. The van der Waals surface area contributed by atoms with E-state index in [0.29, 0.717) is 36.6 Å². The lowest BCUT2D eigenvalue weighted by molar-refractivity contribution is 0.241. The van der Waals surface area contributed by atoms with Gasteiger partial charge < -0.3 is 14.8 Å². The first-order valence-corrected chi connectivity index (χ1v) is 8.75. The third-order valence-electron chi connectivity index (χ3n) is 4.75. The third kappa shape index (κ3) is 3.54. The highest BCUT2D eigenvalue weighted by Gasteiger charge is 2.22. The van der Waals surface area contributed by atoms with Crippen molar-refractivity contribution in [2.24, 2.45) is 0 Å². The number of nitrogens with zero attached hydrogens (tertiary/aromatic N) is 3. The second-order valence-electron chi connectivity index (χ2n) is 6.54. The molecule has 4 rings (SSSR count). The van der Waals surface area contributed by atoms with E-state index >= 15 is 0 Å². The predicted molar refractivity (Wildman–Crippen MR) is 101 cm³/mol. The molecule has 0 spiro atoms. The Labute approximate surface area is 156 Å². The Morgan fingerprint density at radius 2 is 2.07 bits per heavy atom. The Balaban J connectivity index is 1.55. The van der Waals surface area contributed by atoms with Crippen LogP contribution in [0, 0.1) is 0 Å². The fourth-order valence-electron chi connectivity index (χ4n) is 3.35. The van der Waals surface area contributed by atoms with Gasteiger partial charge in [0.25, 0.3) is 5.56 Å². The molecular formula is C20H20N4O3. The molecule has 0 bridgehead atoms. The van der Waals surface area contributed by atoms with Crippen LogP contribution in [0.25, 0.3) is 11.4 Å². The summed E-state index contributed by atoms with van der Waals surface area (Å²) in [6.45, 7) is 1.97. The lowest BCUT2D eigenvalue weighted by atomic mass is 10.1. The minimum absolute atomic E-state index is 0.103. The van der Waals surface area contributed by atoms with E-state index in [0.717, 1.165) is 23.4 Å². The zero-order valence-electron chi connectivity index (χ0n) is 15.0. The topological polar surface area (TPSA) is 91.3 Å². The number of rotatable bonds is 4. The van der Waals surface area contributed by atoms with Gasteiger partial charge in [0.2, 0.25) is 0 Å². The van der Waals surface area contributed by atoms with Crippen molar-refractivity contribution in [3.8, 4) is 22.9 Å². The van der Waals surface area contributed by atoms with Crippen LogP contribution in [0.2, 0.25) is 0 Å². The van der Waals surface area contributed by atoms with Crippen molar-refractivity contribution in [1.29, 1.82) is 0 Å². The average Bonchev–Trinajstić information content (AvgIpc) is 2.69. The van der Waals surface area contributed by atoms with Crippen molar-refractivity contribution >= 4 is 0 Å². The molecule has 2 N–H and O–H groups in total. The van der Waals surface area contributed by atoms with Crippen LogP contribution in [0.15, 0.2) is 47.5 Å². The molecular weight excluding hydrogens is 344 g/mol. The van der Waals surface area contributed by atoms with E-state index in [2.05, 4.69) is 19.9 Å². The summed E-state index contributed by atoms with van der Waals surface area (Å²) in [6, 6.07) is 9.02. The summed E-state index contributed by atoms with van der Waals surface area (Å²) in [4.78, 5) is 26.3. The number of nitrogens with one attached hydrogen (secondary N) is 1. The molecule has 3 heterocycles. The number of methoxy groups -OCH3 is 1. The van der Waals surface area contributed by atoms with Crippen LogP contribution in [0.5, 0.6) is 11.5 Å². The largest absolute Gasteiger partial charge is 0.504 e. The van der Waals surface area contributed by atoms with Crippen LogP contribution in [-0.4, -0.2) is 38.6 Å². The smallest absolute Gasteiger partial charge is 0.255 e. The predicted octanol–water partition coefficient (Wildman–Crippen LogP) is 2.10. The second-order valence-corrected chi connectivity index (χ2v) is 6.54. The van der Waals surface area contributed by atoms with Crippen LogP contribution in [0.4, 0.5) is 0 Å². The molecule has 0 saturated heterocycles. The van der Waals surface area contributed by atoms with Gasteiger partial charge in [-0.2, -0.15) is 0 Å². The number of aromatic nitrogens is 3. The van der Waals surface area contributed by atoms with Crippen molar-refractivity contribution in [1.82, 2.24) is 19.9 Å². The summed E-state index contributed by atoms with van der Waals surface area (Å²) in [5, 5.41) is 9.95. The molecule has 2 aromatic heterocycles. The molecule has 7 heteroatoms. The van der Waals surface area contributed by atoms with Crippen LogP contribution < -0.4 is 10.3 Å². The normalized spacial score (nSPS) is 14.0. The van der Waals surface area contributed by atoms with Crippen LogP contribution in [-0.2, 0) is 19.5 Å². The number of fused-ring (bicyclic) bond motifs is 1. The Morgan fingerprint density at radius 3 is 2.81 bits per heavy atom. The van der Waals surface area contributed by atoms with Crippen molar-refractivity contribution < 1.29 is 9.84 Å². The summed E-state index contributed by atoms with van der Waals surface area (Å²) >= 11 is 0. The molecule has 138 valence electrons. The average molecular weight is 364 g/mol. The summed E-state index contributed by atoms with van der Waals surface area (Å²) in [7, 11) is 1.52. The quantitative estimate of drug-likeness (QED) is 0.737. The lowest BCUT2D eigenvalue weighted by Gasteiger charge is -2.27. The molecule has 1 aliphatic rings. The van der Waals surface area contributed by atoms with E-state index in [-0.39, 0.29) is 11.3 Å². The van der Waals surface area contributed by atoms with Gasteiger partial charge in [0.1, 0.15) is 5.82 Å². The number of aromatic hydroxyl groups is 1. The highest BCUT2D eigenvalue weighted by molar-refractivity contribution is 5.54. The van der Waals surface area contributed by atoms with Gasteiger partial charge in [0.05, 0.1) is 18.4 Å². The second kappa shape index (κ2) is 7.20. The molecule has 0 aliphatic carbocycles.